The Morgan fingerprint density at radius 2 is 2.33 bits per heavy atom. The van der Waals surface area contributed by atoms with Crippen LogP contribution in [0.1, 0.15) is 9.67 Å². The molecule has 0 spiro atoms. The smallest absolute Gasteiger partial charge is 0.347 e. The predicted molar refractivity (Wildman–Crippen MR) is 51.7 cm³/mol. The number of halogens is 1. The summed E-state index contributed by atoms with van der Waals surface area (Å²) in [4.78, 5) is 10.9. The largest absolute Gasteiger partial charge is 0.477 e. The molecule has 0 aliphatic heterocycles. The minimum atomic E-state index is -0.951. The van der Waals surface area contributed by atoms with E-state index in [9.17, 15) is 4.79 Å². The van der Waals surface area contributed by atoms with Gasteiger partial charge in [0.05, 0.1) is 9.04 Å². The minimum Gasteiger partial charge on any atom is -0.477 e. The molecule has 2 heterocycles. The van der Waals surface area contributed by atoms with E-state index in [1.807, 2.05) is 11.4 Å². The van der Waals surface area contributed by atoms with Crippen molar-refractivity contribution >= 4 is 49.6 Å². The fourth-order valence-electron chi connectivity index (χ4n) is 0.935. The molecule has 0 bridgehead atoms. The van der Waals surface area contributed by atoms with Crippen molar-refractivity contribution in [2.45, 2.75) is 0 Å². The molecule has 2 aromatic heterocycles. The second kappa shape index (κ2) is 2.73. The predicted octanol–water partition coefficient (Wildman–Crippen LogP) is 3.31. The van der Waals surface area contributed by atoms with Crippen LogP contribution in [-0.4, -0.2) is 11.1 Å². The third-order valence-corrected chi connectivity index (χ3v) is 4.19. The third kappa shape index (κ3) is 1.03. The van der Waals surface area contributed by atoms with Crippen LogP contribution in [0.15, 0.2) is 11.4 Å². The van der Waals surface area contributed by atoms with Gasteiger partial charge in [0.25, 0.3) is 0 Å². The number of hydrogen-bond donors (Lipinski definition) is 1. The Balaban J connectivity index is 2.78. The first-order chi connectivity index (χ1) is 5.70. The van der Waals surface area contributed by atoms with E-state index in [0.717, 1.165) is 9.40 Å². The molecule has 0 atom stereocenters. The number of thiophene rings is 2. The van der Waals surface area contributed by atoms with Crippen LogP contribution in [0.3, 0.4) is 0 Å². The summed E-state index contributed by atoms with van der Waals surface area (Å²) in [5.74, 6) is -0.951. The van der Waals surface area contributed by atoms with Gasteiger partial charge >= 0.3 is 5.97 Å². The van der Waals surface area contributed by atoms with Gasteiger partial charge in [-0.15, -0.1) is 22.7 Å². The molecule has 2 aromatic rings. The van der Waals surface area contributed by atoms with Gasteiger partial charge in [-0.1, -0.05) is 11.6 Å². The van der Waals surface area contributed by atoms with Crippen LogP contribution in [0.5, 0.6) is 0 Å². The highest BCUT2D eigenvalue weighted by Gasteiger charge is 2.16. The zero-order chi connectivity index (χ0) is 8.72. The van der Waals surface area contributed by atoms with E-state index in [2.05, 4.69) is 0 Å². The normalized spacial score (nSPS) is 10.8. The average molecular weight is 219 g/mol. The molecule has 12 heavy (non-hydrogen) atoms. The molecule has 0 aromatic carbocycles. The summed E-state index contributed by atoms with van der Waals surface area (Å²) in [6.45, 7) is 0. The summed E-state index contributed by atoms with van der Waals surface area (Å²) in [5.41, 5.74) is 0. The van der Waals surface area contributed by atoms with Gasteiger partial charge in [-0.05, 0) is 11.4 Å². The Kier molecular flexibility index (Phi) is 1.83. The van der Waals surface area contributed by atoms with E-state index in [-0.39, 0.29) is 4.88 Å². The van der Waals surface area contributed by atoms with Gasteiger partial charge in [-0.2, -0.15) is 0 Å². The highest BCUT2D eigenvalue weighted by Crippen LogP contribution is 2.38. The van der Waals surface area contributed by atoms with Crippen LogP contribution < -0.4 is 0 Å². The van der Waals surface area contributed by atoms with Crippen molar-refractivity contribution in [1.29, 1.82) is 0 Å². The lowest BCUT2D eigenvalue weighted by Crippen LogP contribution is -1.91. The number of carboxylic acids is 1. The topological polar surface area (TPSA) is 37.3 Å². The van der Waals surface area contributed by atoms with Gasteiger partial charge in [0.15, 0.2) is 0 Å². The molecule has 0 aliphatic carbocycles. The van der Waals surface area contributed by atoms with Gasteiger partial charge in [0.1, 0.15) is 4.88 Å². The van der Waals surface area contributed by atoms with Crippen LogP contribution >= 0.6 is 34.3 Å². The highest BCUT2D eigenvalue weighted by molar-refractivity contribution is 7.38. The molecule has 0 aliphatic rings. The molecule has 0 saturated carbocycles. The molecule has 2 rings (SSSR count). The second-order valence-electron chi connectivity index (χ2n) is 2.17. The molecule has 0 fully saturated rings. The number of rotatable bonds is 1. The van der Waals surface area contributed by atoms with Crippen molar-refractivity contribution < 1.29 is 9.90 Å². The lowest BCUT2D eigenvalue weighted by Gasteiger charge is -1.86. The summed E-state index contributed by atoms with van der Waals surface area (Å²) in [5, 5.41) is 11.8. The summed E-state index contributed by atoms with van der Waals surface area (Å²) < 4.78 is 0.970. The maximum Gasteiger partial charge on any atom is 0.347 e. The Labute approximate surface area is 81.0 Å². The van der Waals surface area contributed by atoms with Gasteiger partial charge in [-0.3, -0.25) is 0 Å². The molecular weight excluding hydrogens is 216 g/mol. The zero-order valence-corrected chi connectivity index (χ0v) is 8.09. The molecule has 5 heteroatoms. The third-order valence-electron chi connectivity index (χ3n) is 1.45. The van der Waals surface area contributed by atoms with Crippen molar-refractivity contribution in [2.24, 2.45) is 0 Å². The summed E-state index contributed by atoms with van der Waals surface area (Å²) >= 11 is 8.57. The van der Waals surface area contributed by atoms with E-state index in [1.165, 1.54) is 22.7 Å². The summed E-state index contributed by atoms with van der Waals surface area (Å²) in [6, 6.07) is 1.84. The molecule has 0 radical (unpaired) electrons. The van der Waals surface area contributed by atoms with E-state index in [0.29, 0.717) is 5.02 Å². The first-order valence-electron chi connectivity index (χ1n) is 3.09. The zero-order valence-electron chi connectivity index (χ0n) is 5.70. The van der Waals surface area contributed by atoms with Crippen molar-refractivity contribution in [3.63, 3.8) is 0 Å². The minimum absolute atomic E-state index is 0.235. The van der Waals surface area contributed by atoms with E-state index < -0.39 is 5.97 Å². The number of fused-ring (bicyclic) bond motifs is 1. The van der Waals surface area contributed by atoms with E-state index in [4.69, 9.17) is 16.7 Å². The van der Waals surface area contributed by atoms with E-state index >= 15 is 0 Å². The second-order valence-corrected chi connectivity index (χ2v) is 4.75. The molecule has 1 N–H and O–H groups in total. The number of carbonyl (C=O) groups is 1. The van der Waals surface area contributed by atoms with Crippen LogP contribution in [0, 0.1) is 0 Å². The fraction of sp³-hybridized carbons (Fsp3) is 0. The van der Waals surface area contributed by atoms with Crippen molar-refractivity contribution in [3.05, 3.63) is 21.3 Å². The maximum atomic E-state index is 10.6. The van der Waals surface area contributed by atoms with Crippen molar-refractivity contribution in [3.8, 4) is 0 Å². The Bertz CT molecular complexity index is 443. The molecule has 0 saturated heterocycles. The quantitative estimate of drug-likeness (QED) is 0.798. The standard InChI is InChI=1S/C7H3ClO2S2/c8-4-3-1-2-11-7(3)12-5(4)6(9)10/h1-2H,(H,9,10). The first kappa shape index (κ1) is 8.04. The Morgan fingerprint density at radius 1 is 1.58 bits per heavy atom. The summed E-state index contributed by atoms with van der Waals surface area (Å²) in [7, 11) is 0. The molecule has 0 unspecified atom stereocenters. The fourth-order valence-corrected chi connectivity index (χ4v) is 3.39. The van der Waals surface area contributed by atoms with Gasteiger partial charge in [0.2, 0.25) is 0 Å². The number of hydrogen-bond acceptors (Lipinski definition) is 3. The first-order valence-corrected chi connectivity index (χ1v) is 5.16. The van der Waals surface area contributed by atoms with Crippen molar-refractivity contribution in [1.82, 2.24) is 0 Å². The molecule has 2 nitrogen and oxygen atoms in total. The van der Waals surface area contributed by atoms with Crippen LogP contribution in [0.2, 0.25) is 5.02 Å². The highest BCUT2D eigenvalue weighted by atomic mass is 35.5. The van der Waals surface area contributed by atoms with Gasteiger partial charge in [-0.25, -0.2) is 4.79 Å². The Morgan fingerprint density at radius 3 is 2.92 bits per heavy atom. The molecule has 0 amide bonds. The lowest BCUT2D eigenvalue weighted by molar-refractivity contribution is 0.0702. The van der Waals surface area contributed by atoms with Crippen LogP contribution in [-0.2, 0) is 0 Å². The van der Waals surface area contributed by atoms with Crippen molar-refractivity contribution in [2.75, 3.05) is 0 Å². The van der Waals surface area contributed by atoms with Gasteiger partial charge < -0.3 is 5.11 Å². The number of carboxylic acid groups (broad SMARTS) is 1. The number of aromatic carboxylic acids is 1. The van der Waals surface area contributed by atoms with E-state index in [1.54, 1.807) is 0 Å². The average Bonchev–Trinajstić information content (AvgIpc) is 2.53. The monoisotopic (exact) mass is 218 g/mol. The molecular formula is C7H3ClO2S2. The van der Waals surface area contributed by atoms with Crippen LogP contribution in [0.4, 0.5) is 0 Å². The Hall–Kier alpha value is -0.580. The lowest BCUT2D eigenvalue weighted by atomic mass is 10.4. The SMILES string of the molecule is O=C(O)c1sc2sccc2c1Cl. The summed E-state index contributed by atoms with van der Waals surface area (Å²) in [6.07, 6.45) is 0. The van der Waals surface area contributed by atoms with Crippen LogP contribution in [0.25, 0.3) is 9.40 Å². The maximum absolute atomic E-state index is 10.6. The van der Waals surface area contributed by atoms with Gasteiger partial charge in [0, 0.05) is 5.39 Å². The molecule has 62 valence electrons.